The molecule has 0 unspecified atom stereocenters. The molecular weight excluding hydrogens is 556 g/mol. The highest BCUT2D eigenvalue weighted by molar-refractivity contribution is 6.04. The van der Waals surface area contributed by atoms with Gasteiger partial charge in [0.05, 0.1) is 41.5 Å². The van der Waals surface area contributed by atoms with Crippen LogP contribution in [0.5, 0.6) is 5.75 Å². The predicted octanol–water partition coefficient (Wildman–Crippen LogP) is 3.99. The van der Waals surface area contributed by atoms with Crippen molar-refractivity contribution in [1.29, 1.82) is 0 Å². The van der Waals surface area contributed by atoms with Crippen molar-refractivity contribution in [2.75, 3.05) is 64.6 Å². The summed E-state index contributed by atoms with van der Waals surface area (Å²) in [7, 11) is 8.04. The molecule has 0 bridgehead atoms. The van der Waals surface area contributed by atoms with Gasteiger partial charge in [0.15, 0.2) is 0 Å². The molecule has 1 aromatic carbocycles. The van der Waals surface area contributed by atoms with Crippen LogP contribution < -0.4 is 15.0 Å². The highest BCUT2D eigenvalue weighted by Crippen LogP contribution is 2.30. The number of likely N-dealkylation sites (N-methyl/N-ethyl adjacent to an activating group) is 2. The number of aliphatic hydroxyl groups is 1. The maximum atomic E-state index is 13.5. The summed E-state index contributed by atoms with van der Waals surface area (Å²) in [6, 6.07) is 11.9. The summed E-state index contributed by atoms with van der Waals surface area (Å²) in [5.41, 5.74) is 3.38. The van der Waals surface area contributed by atoms with E-state index >= 15 is 0 Å². The smallest absolute Gasteiger partial charge is 0.258 e. The summed E-state index contributed by atoms with van der Waals surface area (Å²) in [4.78, 5) is 34.0. The molecule has 0 aliphatic carbocycles. The third-order valence-electron chi connectivity index (χ3n) is 8.15. The molecule has 1 aliphatic heterocycles. The van der Waals surface area contributed by atoms with Crippen molar-refractivity contribution in [2.24, 2.45) is 0 Å². The first-order valence-electron chi connectivity index (χ1n) is 15.1. The third-order valence-corrected chi connectivity index (χ3v) is 8.15. The van der Waals surface area contributed by atoms with Crippen LogP contribution in [0, 0.1) is 0 Å². The Morgan fingerprint density at radius 1 is 1.09 bits per heavy atom. The Bertz CT molecular complexity index is 1590. The molecule has 234 valence electrons. The van der Waals surface area contributed by atoms with Crippen LogP contribution >= 0.6 is 0 Å². The van der Waals surface area contributed by atoms with Crippen LogP contribution in [-0.4, -0.2) is 106 Å². The number of piperidine rings is 1. The Morgan fingerprint density at radius 3 is 2.57 bits per heavy atom. The number of ether oxygens (including phenoxy) is 1. The molecular formula is C33H44N8O3. The highest BCUT2D eigenvalue weighted by Gasteiger charge is 2.25. The van der Waals surface area contributed by atoms with Gasteiger partial charge >= 0.3 is 0 Å². The van der Waals surface area contributed by atoms with Crippen molar-refractivity contribution in [3.8, 4) is 17.0 Å². The van der Waals surface area contributed by atoms with Gasteiger partial charge < -0.3 is 29.1 Å². The highest BCUT2D eigenvalue weighted by atomic mass is 16.5. The van der Waals surface area contributed by atoms with Crippen LogP contribution in [0.4, 0.5) is 11.6 Å². The zero-order valence-corrected chi connectivity index (χ0v) is 26.6. The number of methoxy groups -OCH3 is 1. The van der Waals surface area contributed by atoms with E-state index in [-0.39, 0.29) is 12.5 Å². The Kier molecular flexibility index (Phi) is 9.48. The summed E-state index contributed by atoms with van der Waals surface area (Å²) < 4.78 is 7.35. The van der Waals surface area contributed by atoms with Crippen LogP contribution in [-0.2, 0) is 6.54 Å². The number of nitrogens with zero attached hydrogens (tertiary/aromatic N) is 7. The minimum Gasteiger partial charge on any atom is -0.496 e. The van der Waals surface area contributed by atoms with Crippen molar-refractivity contribution in [2.45, 2.75) is 44.9 Å². The first-order chi connectivity index (χ1) is 21.0. The number of anilines is 2. The zero-order chi connectivity index (χ0) is 31.4. The molecule has 1 saturated heterocycles. The number of benzene rings is 1. The van der Waals surface area contributed by atoms with E-state index in [1.807, 2.05) is 10.6 Å². The normalized spacial score (nSPS) is 14.5. The molecule has 0 spiro atoms. The molecule has 3 aromatic heterocycles. The number of pyridine rings is 2. The molecule has 11 heteroatoms. The minimum absolute atomic E-state index is 0.260. The molecule has 44 heavy (non-hydrogen) atoms. The van der Waals surface area contributed by atoms with Gasteiger partial charge in [-0.1, -0.05) is 0 Å². The quantitative estimate of drug-likeness (QED) is 0.264. The summed E-state index contributed by atoms with van der Waals surface area (Å²) in [6.07, 6.45) is 7.10. The Hall–Kier alpha value is -4.06. The maximum absolute atomic E-state index is 13.5. The molecule has 1 amide bonds. The Morgan fingerprint density at radius 2 is 1.86 bits per heavy atom. The molecule has 0 saturated carbocycles. The molecule has 2 N–H and O–H groups in total. The number of carbonyl (C=O) groups is 1. The maximum Gasteiger partial charge on any atom is 0.258 e. The molecule has 5 rings (SSSR count). The van der Waals surface area contributed by atoms with Crippen LogP contribution in [0.25, 0.3) is 22.3 Å². The fraction of sp³-hybridized carbons (Fsp3) is 0.455. The number of hydrogen-bond acceptors (Lipinski definition) is 9. The van der Waals surface area contributed by atoms with Crippen LogP contribution in [0.15, 0.2) is 55.0 Å². The van der Waals surface area contributed by atoms with Crippen LogP contribution in [0.1, 0.15) is 37.0 Å². The van der Waals surface area contributed by atoms with Crippen molar-refractivity contribution >= 4 is 28.6 Å². The average molecular weight is 601 g/mol. The number of nitrogens with one attached hydrogen (secondary N) is 1. The number of rotatable bonds is 11. The van der Waals surface area contributed by atoms with Gasteiger partial charge in [0.25, 0.3) is 5.91 Å². The number of amides is 1. The van der Waals surface area contributed by atoms with Gasteiger partial charge in [-0.05, 0) is 84.2 Å². The molecule has 0 atom stereocenters. The molecule has 1 aliphatic rings. The van der Waals surface area contributed by atoms with Gasteiger partial charge in [0.2, 0.25) is 5.95 Å². The van der Waals surface area contributed by atoms with Gasteiger partial charge in [-0.3, -0.25) is 20.1 Å². The largest absolute Gasteiger partial charge is 0.496 e. The third kappa shape index (κ3) is 7.35. The lowest BCUT2D eigenvalue weighted by molar-refractivity contribution is 0.0630. The average Bonchev–Trinajstić information content (AvgIpc) is 3.34. The number of imidazole rings is 1. The molecule has 0 radical (unpaired) electrons. The van der Waals surface area contributed by atoms with E-state index in [0.717, 1.165) is 55.7 Å². The van der Waals surface area contributed by atoms with Crippen LogP contribution in [0.3, 0.4) is 0 Å². The number of aromatic nitrogens is 4. The van der Waals surface area contributed by atoms with Gasteiger partial charge in [-0.25, -0.2) is 4.98 Å². The molecule has 4 heterocycles. The van der Waals surface area contributed by atoms with E-state index in [1.54, 1.807) is 57.7 Å². The Balaban J connectivity index is 1.38. The lowest BCUT2D eigenvalue weighted by Gasteiger charge is -2.38. The van der Waals surface area contributed by atoms with Crippen molar-refractivity contribution in [1.82, 2.24) is 29.3 Å². The van der Waals surface area contributed by atoms with E-state index in [0.29, 0.717) is 34.6 Å². The fourth-order valence-electron chi connectivity index (χ4n) is 5.70. The van der Waals surface area contributed by atoms with Crippen molar-refractivity contribution in [3.63, 3.8) is 0 Å². The zero-order valence-electron chi connectivity index (χ0n) is 26.6. The second-order valence-corrected chi connectivity index (χ2v) is 12.5. The lowest BCUT2D eigenvalue weighted by Crippen LogP contribution is -2.45. The fourth-order valence-corrected chi connectivity index (χ4v) is 5.70. The number of fused-ring (bicyclic) bond motifs is 1. The van der Waals surface area contributed by atoms with Gasteiger partial charge in [0, 0.05) is 62.1 Å². The number of hydrogen-bond donors (Lipinski definition) is 2. The Labute approximate surface area is 259 Å². The summed E-state index contributed by atoms with van der Waals surface area (Å²) in [6.45, 7) is 7.82. The predicted molar refractivity (Wildman–Crippen MR) is 174 cm³/mol. The van der Waals surface area contributed by atoms with Crippen molar-refractivity contribution < 1.29 is 14.6 Å². The van der Waals surface area contributed by atoms with Gasteiger partial charge in [0.1, 0.15) is 5.75 Å². The molecule has 11 nitrogen and oxygen atoms in total. The van der Waals surface area contributed by atoms with E-state index in [1.165, 1.54) is 0 Å². The second-order valence-electron chi connectivity index (χ2n) is 12.5. The van der Waals surface area contributed by atoms with E-state index in [4.69, 9.17) is 9.72 Å². The van der Waals surface area contributed by atoms with Gasteiger partial charge in [-0.2, -0.15) is 0 Å². The van der Waals surface area contributed by atoms with Crippen LogP contribution in [0.2, 0.25) is 0 Å². The SMILES string of the molecule is COc1ccncc1-c1cc(C(=O)Nc2nc3ccc(N4CCC(N(C)CCN(C)C)CC4)cc3n2CC(C)(C)O)ccn1. The van der Waals surface area contributed by atoms with E-state index in [9.17, 15) is 9.90 Å². The lowest BCUT2D eigenvalue weighted by atomic mass is 10.0. The summed E-state index contributed by atoms with van der Waals surface area (Å²) in [5.74, 6) is 0.667. The summed E-state index contributed by atoms with van der Waals surface area (Å²) in [5, 5.41) is 13.8. The summed E-state index contributed by atoms with van der Waals surface area (Å²) >= 11 is 0. The topological polar surface area (TPSA) is 112 Å². The first kappa shape index (κ1) is 31.4. The standard InChI is InChI=1S/C33H44N8O3/c1-33(2,43)22-41-29-20-25(40-15-11-24(12-16-40)39(5)18-17-38(3)4)7-8-27(29)36-32(41)37-31(42)23-9-14-35-28(19-23)26-21-34-13-10-30(26)44-6/h7-10,13-14,19-21,24,43H,11-12,15-18,22H2,1-6H3,(H,36,37,42). The monoisotopic (exact) mass is 600 g/mol. The number of carbonyl (C=O) groups excluding carboxylic acids is 1. The minimum atomic E-state index is -1.03. The van der Waals surface area contributed by atoms with Crippen molar-refractivity contribution in [3.05, 3.63) is 60.6 Å². The van der Waals surface area contributed by atoms with Gasteiger partial charge in [-0.15, -0.1) is 0 Å². The van der Waals surface area contributed by atoms with E-state index < -0.39 is 5.60 Å². The van der Waals surface area contributed by atoms with E-state index in [2.05, 4.69) is 63.3 Å². The first-order valence-corrected chi connectivity index (χ1v) is 15.1. The second kappa shape index (κ2) is 13.3. The molecule has 1 fully saturated rings. The molecule has 4 aromatic rings.